The van der Waals surface area contributed by atoms with Crippen LogP contribution >= 0.6 is 23.4 Å². The number of hydrogen-bond acceptors (Lipinski definition) is 4. The molecule has 1 fully saturated rings. The van der Waals surface area contributed by atoms with Crippen molar-refractivity contribution in [3.05, 3.63) is 28.8 Å². The van der Waals surface area contributed by atoms with Crippen molar-refractivity contribution in [1.29, 1.82) is 0 Å². The summed E-state index contributed by atoms with van der Waals surface area (Å²) in [6.45, 7) is 5.73. The van der Waals surface area contributed by atoms with Gasteiger partial charge in [-0.05, 0) is 37.7 Å². The van der Waals surface area contributed by atoms with Gasteiger partial charge < -0.3 is 22.1 Å². The summed E-state index contributed by atoms with van der Waals surface area (Å²) in [4.78, 5) is 1.58. The van der Waals surface area contributed by atoms with Gasteiger partial charge in [-0.3, -0.25) is 4.58 Å². The zero-order chi connectivity index (χ0) is 17.4. The van der Waals surface area contributed by atoms with Gasteiger partial charge in [0.25, 0.3) is 0 Å². The first-order chi connectivity index (χ1) is 10.6. The van der Waals surface area contributed by atoms with Crippen molar-refractivity contribution >= 4 is 38.6 Å². The van der Waals surface area contributed by atoms with E-state index in [1.807, 2.05) is 13.8 Å². The predicted octanol–water partition coefficient (Wildman–Crippen LogP) is -1.78. The molecule has 10 heteroatoms. The Morgan fingerprint density at radius 1 is 1.42 bits per heavy atom. The summed E-state index contributed by atoms with van der Waals surface area (Å²) < 4.78 is 25.4. The second kappa shape index (κ2) is 7.92. The van der Waals surface area contributed by atoms with Crippen molar-refractivity contribution in [2.75, 3.05) is 25.9 Å². The lowest BCUT2D eigenvalue weighted by atomic mass is 10.0. The molecule has 3 N–H and O–H groups in total. The molecule has 1 aliphatic rings. The van der Waals surface area contributed by atoms with Crippen molar-refractivity contribution < 1.29 is 35.1 Å². The second-order valence-electron chi connectivity index (χ2n) is 5.31. The van der Waals surface area contributed by atoms with E-state index in [2.05, 4.69) is 4.58 Å². The van der Waals surface area contributed by atoms with Crippen molar-refractivity contribution in [3.63, 3.8) is 0 Å². The van der Waals surface area contributed by atoms with Gasteiger partial charge >= 0.3 is 5.17 Å². The first kappa shape index (κ1) is 21.7. The highest BCUT2D eigenvalue weighted by atomic mass is 79.9. The molecule has 1 aromatic carbocycles. The van der Waals surface area contributed by atoms with E-state index < -0.39 is 15.7 Å². The van der Waals surface area contributed by atoms with Crippen molar-refractivity contribution in [2.24, 2.45) is 5.14 Å². The Labute approximate surface area is 162 Å². The van der Waals surface area contributed by atoms with E-state index in [1.165, 1.54) is 23.9 Å². The maximum Gasteiger partial charge on any atom is 0.311 e. The molecule has 0 aliphatic carbocycles. The number of nitrogens with two attached hydrogens (primary N) is 1. The zero-order valence-corrected chi connectivity index (χ0v) is 17.6. The van der Waals surface area contributed by atoms with Crippen molar-refractivity contribution in [1.82, 2.24) is 4.90 Å². The first-order valence-corrected chi connectivity index (χ1v) is 10.1. The van der Waals surface area contributed by atoms with E-state index in [0.29, 0.717) is 11.3 Å². The molecule has 0 amide bonds. The first-order valence-electron chi connectivity index (χ1n) is 7.18. The highest BCUT2D eigenvalue weighted by Crippen LogP contribution is 2.39. The van der Waals surface area contributed by atoms with Crippen LogP contribution in [0.25, 0.3) is 0 Å². The van der Waals surface area contributed by atoms with E-state index in [0.717, 1.165) is 18.3 Å². The van der Waals surface area contributed by atoms with Crippen LogP contribution < -0.4 is 22.1 Å². The Balaban J connectivity index is 0.00000288. The summed E-state index contributed by atoms with van der Waals surface area (Å²) in [5.41, 5.74) is -0.866. The third-order valence-corrected chi connectivity index (χ3v) is 6.71. The van der Waals surface area contributed by atoms with Gasteiger partial charge in [-0.15, -0.1) is 0 Å². The van der Waals surface area contributed by atoms with Crippen LogP contribution in [0.4, 0.5) is 0 Å². The molecule has 0 radical (unpaired) electrons. The molecule has 0 spiro atoms. The summed E-state index contributed by atoms with van der Waals surface area (Å²) in [6.07, 6.45) is 0. The van der Waals surface area contributed by atoms with E-state index >= 15 is 0 Å². The quantitative estimate of drug-likeness (QED) is 0.521. The van der Waals surface area contributed by atoms with Crippen LogP contribution in [0.2, 0.25) is 5.02 Å². The van der Waals surface area contributed by atoms with Crippen LogP contribution in [-0.4, -0.2) is 54.1 Å². The molecule has 136 valence electrons. The summed E-state index contributed by atoms with van der Waals surface area (Å²) in [5, 5.41) is 17.3. The number of hydrogen-bond donors (Lipinski definition) is 2. The topological polar surface area (TPSA) is 86.6 Å². The molecular formula is C14H21BrClN3O3S2. The molecule has 0 saturated carbocycles. The van der Waals surface area contributed by atoms with Crippen LogP contribution in [-0.2, 0) is 15.7 Å². The average Bonchev–Trinajstić information content (AvgIpc) is 2.78. The van der Waals surface area contributed by atoms with E-state index in [9.17, 15) is 13.5 Å². The number of rotatable bonds is 4. The van der Waals surface area contributed by atoms with Crippen molar-refractivity contribution in [2.45, 2.75) is 24.5 Å². The molecule has 24 heavy (non-hydrogen) atoms. The fourth-order valence-electron chi connectivity index (χ4n) is 2.56. The number of halogens is 2. The van der Waals surface area contributed by atoms with E-state index in [4.69, 9.17) is 16.7 Å². The number of sulfonamides is 1. The third kappa shape index (κ3) is 3.91. The standard InChI is InChI=1S/C14H21ClN3O3S2.BrH/c1-4-18(5-2)13-17(3)14(19,9-22-13)10-6-7-11(15)12(8-10)23(16,20)21;/h6-8,19H,4-5,9H2,1-3H3,(H2,16,20,21);1H/q+1;/p-1. The molecule has 1 atom stereocenters. The Kier molecular flexibility index (Phi) is 7.17. The predicted molar refractivity (Wildman–Crippen MR) is 93.3 cm³/mol. The number of primary sulfonamides is 1. The number of thioether (sulfide) groups is 1. The minimum Gasteiger partial charge on any atom is -1.00 e. The van der Waals surface area contributed by atoms with Crippen LogP contribution in [0.3, 0.4) is 0 Å². The molecule has 1 aromatic rings. The Bertz CT molecular complexity index is 752. The second-order valence-corrected chi connectivity index (χ2v) is 8.19. The van der Waals surface area contributed by atoms with Gasteiger partial charge in [0.2, 0.25) is 15.7 Å². The van der Waals surface area contributed by atoms with Crippen LogP contribution in [0.5, 0.6) is 0 Å². The number of amidine groups is 1. The minimum atomic E-state index is -3.95. The van der Waals surface area contributed by atoms with Gasteiger partial charge in [0.05, 0.1) is 30.9 Å². The van der Waals surface area contributed by atoms with Gasteiger partial charge in [0.1, 0.15) is 4.90 Å². The Morgan fingerprint density at radius 2 is 2.00 bits per heavy atom. The van der Waals surface area contributed by atoms with Gasteiger partial charge in [-0.1, -0.05) is 17.7 Å². The van der Waals surface area contributed by atoms with Crippen LogP contribution in [0.15, 0.2) is 23.1 Å². The summed E-state index contributed by atoms with van der Waals surface area (Å²) in [5.74, 6) is 0.390. The van der Waals surface area contributed by atoms with Crippen LogP contribution in [0, 0.1) is 0 Å². The monoisotopic (exact) mass is 457 g/mol. The SMILES string of the molecule is CC[N+](CC)=C1SCC(O)(c2ccc(Cl)c(S(N)(=O)=O)c2)N1C.[Br-]. The smallest absolute Gasteiger partial charge is 0.311 e. The molecule has 1 aliphatic heterocycles. The number of aliphatic hydroxyl groups is 1. The van der Waals surface area contributed by atoms with Gasteiger partial charge in [-0.2, -0.15) is 0 Å². The van der Waals surface area contributed by atoms with Gasteiger partial charge in [0, 0.05) is 5.56 Å². The molecule has 1 heterocycles. The minimum absolute atomic E-state index is 0. The third-order valence-electron chi connectivity index (χ3n) is 3.98. The lowest BCUT2D eigenvalue weighted by Crippen LogP contribution is -3.00. The molecule has 2 rings (SSSR count). The van der Waals surface area contributed by atoms with Crippen molar-refractivity contribution in [3.8, 4) is 0 Å². The van der Waals surface area contributed by atoms with E-state index in [1.54, 1.807) is 18.0 Å². The maximum absolute atomic E-state index is 11.7. The van der Waals surface area contributed by atoms with Gasteiger partial charge in [0.15, 0.2) is 0 Å². The Hall–Kier alpha value is -0.320. The molecule has 1 saturated heterocycles. The normalized spacial score (nSPS) is 20.9. The average molecular weight is 459 g/mol. The highest BCUT2D eigenvalue weighted by Gasteiger charge is 2.50. The van der Waals surface area contributed by atoms with E-state index in [-0.39, 0.29) is 26.9 Å². The number of benzene rings is 1. The fraction of sp³-hybridized carbons (Fsp3) is 0.500. The largest absolute Gasteiger partial charge is 1.00 e. The summed E-state index contributed by atoms with van der Waals surface area (Å²) in [7, 11) is -2.16. The van der Waals surface area contributed by atoms with Gasteiger partial charge in [-0.25, -0.2) is 18.5 Å². The lowest BCUT2D eigenvalue weighted by Gasteiger charge is -2.26. The molecule has 0 bridgehead atoms. The fourth-order valence-corrected chi connectivity index (χ4v) is 5.11. The number of nitrogens with zero attached hydrogens (tertiary/aromatic N) is 2. The lowest BCUT2D eigenvalue weighted by molar-refractivity contribution is -0.523. The molecular weight excluding hydrogens is 438 g/mol. The molecule has 0 aromatic heterocycles. The maximum atomic E-state index is 11.7. The Morgan fingerprint density at radius 3 is 2.50 bits per heavy atom. The zero-order valence-electron chi connectivity index (χ0n) is 13.7. The van der Waals surface area contributed by atoms with Crippen LogP contribution in [0.1, 0.15) is 19.4 Å². The highest BCUT2D eigenvalue weighted by molar-refractivity contribution is 8.13. The summed E-state index contributed by atoms with van der Waals surface area (Å²) >= 11 is 7.45. The molecule has 1 unspecified atom stereocenters. The molecule has 6 nitrogen and oxygen atoms in total. The summed E-state index contributed by atoms with van der Waals surface area (Å²) in [6, 6.07) is 4.42.